The molecule has 96 heavy (non-hydrogen) atoms. The van der Waals surface area contributed by atoms with E-state index < -0.39 is 70.3 Å². The van der Waals surface area contributed by atoms with Crippen LogP contribution in [0.2, 0.25) is 0 Å². The van der Waals surface area contributed by atoms with Gasteiger partial charge in [0.05, 0.1) is 85.2 Å². The van der Waals surface area contributed by atoms with Crippen molar-refractivity contribution in [2.24, 2.45) is 11.5 Å². The fourth-order valence-electron chi connectivity index (χ4n) is 13.6. The van der Waals surface area contributed by atoms with Gasteiger partial charge in [0.25, 0.3) is 11.8 Å². The molecule has 16 rings (SSSR count). The van der Waals surface area contributed by atoms with Crippen LogP contribution in [0, 0.1) is 46.5 Å². The number of rotatable bonds is 10. The summed E-state index contributed by atoms with van der Waals surface area (Å²) in [7, 11) is 0. The summed E-state index contributed by atoms with van der Waals surface area (Å²) in [4.78, 5) is 80.4. The monoisotopic (exact) mass is 1330 g/mol. The number of hydrogen-bond acceptors (Lipinski definition) is 18. The molecule has 16 heterocycles. The second kappa shape index (κ2) is 26.9. The number of carbonyl (C=O) groups is 4. The van der Waals surface area contributed by atoms with Gasteiger partial charge in [-0.2, -0.15) is 0 Å². The maximum atomic E-state index is 14.3. The maximum absolute atomic E-state index is 14.3. The van der Waals surface area contributed by atoms with Gasteiger partial charge in [-0.3, -0.25) is 29.5 Å². The Labute approximate surface area is 541 Å². The Morgan fingerprint density at radius 1 is 0.385 bits per heavy atom. The molecule has 8 aromatic rings. The van der Waals surface area contributed by atoms with E-state index in [4.69, 9.17) is 39.9 Å². The summed E-state index contributed by atoms with van der Waals surface area (Å²) in [5, 5.41) is 0. The minimum atomic E-state index is -0.785. The molecule has 20 nitrogen and oxygen atoms in total. The van der Waals surface area contributed by atoms with E-state index in [1.54, 1.807) is 13.8 Å². The van der Waals surface area contributed by atoms with Crippen LogP contribution in [0.3, 0.4) is 0 Å². The Balaban J connectivity index is 0.000000116. The first-order chi connectivity index (χ1) is 46.2. The van der Waals surface area contributed by atoms with E-state index in [0.29, 0.717) is 70.7 Å². The molecule has 4 saturated heterocycles. The zero-order valence-corrected chi connectivity index (χ0v) is 51.3. The summed E-state index contributed by atoms with van der Waals surface area (Å²) in [6, 6.07) is 8.92. The van der Waals surface area contributed by atoms with Crippen LogP contribution in [0.15, 0.2) is 73.3 Å². The van der Waals surface area contributed by atoms with Gasteiger partial charge in [0.15, 0.2) is 23.3 Å². The molecule has 496 valence electrons. The summed E-state index contributed by atoms with van der Waals surface area (Å²) < 4.78 is 143. The van der Waals surface area contributed by atoms with E-state index in [9.17, 15) is 54.3 Å². The van der Waals surface area contributed by atoms with Crippen molar-refractivity contribution in [3.63, 3.8) is 0 Å². The molecule has 0 aliphatic carbocycles. The van der Waals surface area contributed by atoms with Crippen molar-refractivity contribution < 1.29 is 82.7 Å². The maximum Gasteiger partial charge on any atom is 0.356 e. The highest BCUT2D eigenvalue weighted by molar-refractivity contribution is 5.94. The number of hydrogen-bond donors (Lipinski definition) is 2. The summed E-state index contributed by atoms with van der Waals surface area (Å²) in [5.41, 5.74) is 18.3. The highest BCUT2D eigenvalue weighted by Gasteiger charge is 2.42. The quantitative estimate of drug-likeness (QED) is 0.0950. The summed E-state index contributed by atoms with van der Waals surface area (Å²) >= 11 is 0. The average Bonchev–Trinajstić information content (AvgIpc) is 1.74. The van der Waals surface area contributed by atoms with Crippen molar-refractivity contribution >= 4 is 23.8 Å². The van der Waals surface area contributed by atoms with Crippen molar-refractivity contribution in [2.45, 2.75) is 140 Å². The van der Waals surface area contributed by atoms with Crippen LogP contribution in [0.5, 0.6) is 0 Å². The number of nitrogens with two attached hydrogens (primary N) is 2. The Morgan fingerprint density at radius 2 is 0.625 bits per heavy atom. The van der Waals surface area contributed by atoms with E-state index in [-0.39, 0.29) is 108 Å². The molecular formula is C68H58F8N10O10. The van der Waals surface area contributed by atoms with Gasteiger partial charge in [0.1, 0.15) is 93.2 Å². The summed E-state index contributed by atoms with van der Waals surface area (Å²) in [5.74, 6) is -8.74. The fourth-order valence-corrected chi connectivity index (χ4v) is 13.6. The minimum Gasteiger partial charge on any atom is -0.461 e. The first kappa shape index (κ1) is 65.0. The molecule has 0 aromatic carbocycles. The third-order valence-electron chi connectivity index (χ3n) is 17.7. The van der Waals surface area contributed by atoms with Gasteiger partial charge in [0, 0.05) is 72.2 Å². The van der Waals surface area contributed by atoms with Crippen molar-refractivity contribution in [1.29, 1.82) is 0 Å². The minimum absolute atomic E-state index is 0.00569. The van der Waals surface area contributed by atoms with Crippen LogP contribution in [0.4, 0.5) is 35.1 Å². The lowest BCUT2D eigenvalue weighted by Crippen LogP contribution is -2.23. The predicted octanol–water partition coefficient (Wildman–Crippen LogP) is 11.3. The van der Waals surface area contributed by atoms with E-state index in [1.165, 1.54) is 24.3 Å². The number of ether oxygens (including phenoxy) is 6. The van der Waals surface area contributed by atoms with Crippen LogP contribution in [0.25, 0.3) is 45.0 Å². The van der Waals surface area contributed by atoms with Gasteiger partial charge in [0.2, 0.25) is 0 Å². The number of esters is 2. The van der Waals surface area contributed by atoms with E-state index in [2.05, 4.69) is 39.9 Å². The van der Waals surface area contributed by atoms with Crippen molar-refractivity contribution in [1.82, 2.24) is 39.9 Å². The van der Waals surface area contributed by atoms with Crippen molar-refractivity contribution in [2.75, 3.05) is 13.2 Å². The van der Waals surface area contributed by atoms with Crippen molar-refractivity contribution in [3.05, 3.63) is 188 Å². The predicted molar refractivity (Wildman–Crippen MR) is 321 cm³/mol. The first-order valence-corrected chi connectivity index (χ1v) is 31.1. The number of carbonyl (C=O) groups excluding carboxylic acids is 4. The lowest BCUT2D eigenvalue weighted by atomic mass is 9.94. The smallest absolute Gasteiger partial charge is 0.356 e. The topological polar surface area (TPSA) is 279 Å². The molecule has 0 spiro atoms. The number of nitrogens with zero attached hydrogens (tertiary/aromatic N) is 8. The number of fused-ring (bicyclic) bond motifs is 16. The van der Waals surface area contributed by atoms with Gasteiger partial charge in [-0.15, -0.1) is 0 Å². The van der Waals surface area contributed by atoms with Crippen LogP contribution >= 0.6 is 0 Å². The Kier molecular flexibility index (Phi) is 18.2. The number of amides is 2. The molecule has 8 bridgehead atoms. The van der Waals surface area contributed by atoms with Gasteiger partial charge in [-0.25, -0.2) is 64.6 Å². The van der Waals surface area contributed by atoms with Crippen LogP contribution in [0.1, 0.15) is 177 Å². The Bertz CT molecular complexity index is 4200. The summed E-state index contributed by atoms with van der Waals surface area (Å²) in [6.45, 7) is 3.81. The van der Waals surface area contributed by atoms with E-state index >= 15 is 0 Å². The average molecular weight is 1330 g/mol. The Hall–Kier alpha value is -9.64. The molecule has 4 N–H and O–H groups in total. The Morgan fingerprint density at radius 3 is 0.854 bits per heavy atom. The lowest BCUT2D eigenvalue weighted by molar-refractivity contribution is 0.0288. The molecule has 8 aromatic heterocycles. The van der Waals surface area contributed by atoms with Gasteiger partial charge >= 0.3 is 11.9 Å². The normalized spacial score (nSPS) is 21.5. The molecule has 2 amide bonds. The number of primary amides is 2. The van der Waals surface area contributed by atoms with Gasteiger partial charge in [-0.1, -0.05) is 0 Å². The molecule has 8 aliphatic rings. The molecular weight excluding hydrogens is 1270 g/mol. The molecule has 4 fully saturated rings. The molecule has 0 unspecified atom stereocenters. The largest absolute Gasteiger partial charge is 0.461 e. The fraction of sp³-hybridized carbons (Fsp3) is 0.353. The zero-order chi connectivity index (χ0) is 67.4. The number of aromatic nitrogens is 8. The van der Waals surface area contributed by atoms with Crippen molar-refractivity contribution in [3.8, 4) is 45.0 Å². The second-order valence-electron chi connectivity index (χ2n) is 23.9. The highest BCUT2D eigenvalue weighted by Crippen LogP contribution is 2.48. The highest BCUT2D eigenvalue weighted by atomic mass is 19.2. The van der Waals surface area contributed by atoms with Gasteiger partial charge < -0.3 is 39.9 Å². The first-order valence-electron chi connectivity index (χ1n) is 31.1. The van der Waals surface area contributed by atoms with Gasteiger partial charge in [-0.05, 0) is 112 Å². The van der Waals surface area contributed by atoms with E-state index in [0.717, 1.165) is 123 Å². The number of halogens is 8. The van der Waals surface area contributed by atoms with Crippen LogP contribution in [-0.2, 0) is 54.1 Å². The molecule has 28 heteroatoms. The summed E-state index contributed by atoms with van der Waals surface area (Å²) in [6.07, 6.45) is 12.1. The standard InChI is InChI=1S/2C18H16F2N2O3.2C16H13F2N3O2/c2*1-2-24-18(23)14-7-12(16-13(20)5-9(19)8-21-16)11-6-10-3-4-15(25-10)17(11)22-14;2*17-7-3-11(18)14(20-6-7)10-5-12(16(19)22)21-15-9(10)4-8-1-2-13(15)23-8/h2*5,7-8,10,15H,2-4,6H2,1H3;2*3,5-6,8,13H,1-2,4H2,(H2,19,22)/t2*10-,15+;2*8-,13+/m1010/s1. The second-order valence-corrected chi connectivity index (χ2v) is 23.9. The third kappa shape index (κ3) is 13.0. The van der Waals surface area contributed by atoms with E-state index in [1.807, 2.05) is 0 Å². The molecule has 0 radical (unpaired) electrons. The lowest BCUT2D eigenvalue weighted by Gasteiger charge is -2.25. The molecule has 8 atom stereocenters. The molecule has 8 aliphatic heterocycles. The van der Waals surface area contributed by atoms with Crippen LogP contribution in [-0.4, -0.2) is 101 Å². The SMILES string of the molecule is CCOC(=O)c1cc(-c2ncc(F)cc2F)c2c(n1)[C@@H]1CC[C@H](C2)O1.CCOC(=O)c1cc(-c2ncc(F)cc2F)c2c(n1)[C@H]1CC[C@@H](C2)O1.NC(=O)c1cc(-c2ncc(F)cc2F)c2c(n1)[C@@H]1CC[C@H](C2)O1.NC(=O)c1cc(-c2ncc(F)cc2F)c2c(n1)[C@H]1CC[C@@H](C2)O1. The molecule has 0 saturated carbocycles. The zero-order valence-electron chi connectivity index (χ0n) is 51.3. The third-order valence-corrected chi connectivity index (χ3v) is 17.7. The van der Waals surface area contributed by atoms with Crippen LogP contribution < -0.4 is 11.5 Å². The number of pyridine rings is 8.